The molecule has 0 fully saturated rings. The van der Waals surface area contributed by atoms with Gasteiger partial charge in [0.1, 0.15) is 0 Å². The number of aryl methyl sites for hydroxylation is 1. The molecule has 0 N–H and O–H groups in total. The molecule has 3 heteroatoms. The molecule has 0 aliphatic heterocycles. The van der Waals surface area contributed by atoms with Crippen LogP contribution in [0.5, 0.6) is 0 Å². The molecular formula is C11H9ClNY-. The quantitative estimate of drug-likeness (QED) is 0.577. The van der Waals surface area contributed by atoms with E-state index in [1.807, 2.05) is 31.2 Å². The molecule has 1 heterocycles. The van der Waals surface area contributed by atoms with E-state index in [2.05, 4.69) is 11.1 Å². The summed E-state index contributed by atoms with van der Waals surface area (Å²) >= 11 is 5.84. The van der Waals surface area contributed by atoms with E-state index in [1.165, 1.54) is 0 Å². The summed E-state index contributed by atoms with van der Waals surface area (Å²) in [6.07, 6.45) is 0. The molecule has 1 radical (unpaired) electrons. The molecule has 0 saturated carbocycles. The van der Waals surface area contributed by atoms with Crippen molar-refractivity contribution in [2.45, 2.75) is 12.8 Å². The molecule has 0 saturated heterocycles. The minimum atomic E-state index is 0. The standard InChI is InChI=1S/C11H9ClN.Y/c1-8-6-9(7-12)10-4-2-3-5-11(10)13-8;/h3-6H,7H2,1H3;/q-1;. The predicted molar refractivity (Wildman–Crippen MR) is 54.9 cm³/mol. The maximum absolute atomic E-state index is 5.84. The first kappa shape index (κ1) is 12.1. The number of pyridine rings is 1. The normalized spacial score (nSPS) is 9.86. The summed E-state index contributed by atoms with van der Waals surface area (Å²) < 4.78 is 0. The Hall–Kier alpha value is 0.0239. The molecular weight excluding hydrogens is 270 g/mol. The second-order valence-electron chi connectivity index (χ2n) is 3.00. The fourth-order valence-electron chi connectivity index (χ4n) is 1.44. The van der Waals surface area contributed by atoms with Gasteiger partial charge >= 0.3 is 0 Å². The molecule has 2 aromatic rings. The van der Waals surface area contributed by atoms with Crippen molar-refractivity contribution < 1.29 is 32.7 Å². The maximum atomic E-state index is 5.84. The summed E-state index contributed by atoms with van der Waals surface area (Å²) in [6.45, 7) is 1.98. The van der Waals surface area contributed by atoms with Gasteiger partial charge < -0.3 is 0 Å². The monoisotopic (exact) mass is 279 g/mol. The third-order valence-electron chi connectivity index (χ3n) is 2.01. The molecule has 0 aliphatic rings. The van der Waals surface area contributed by atoms with Crippen molar-refractivity contribution >= 4 is 22.5 Å². The largest absolute Gasteiger partial charge is 0.279 e. The van der Waals surface area contributed by atoms with Gasteiger partial charge in [0, 0.05) is 44.3 Å². The van der Waals surface area contributed by atoms with Gasteiger partial charge in [-0.1, -0.05) is 5.56 Å². The van der Waals surface area contributed by atoms with Crippen molar-refractivity contribution in [2.24, 2.45) is 0 Å². The Bertz CT molecular complexity index is 442. The third-order valence-corrected chi connectivity index (χ3v) is 2.30. The first-order valence-electron chi connectivity index (χ1n) is 4.13. The van der Waals surface area contributed by atoms with E-state index in [9.17, 15) is 0 Å². The van der Waals surface area contributed by atoms with Gasteiger partial charge in [-0.05, 0) is 18.5 Å². The molecule has 0 atom stereocenters. The number of fused-ring (bicyclic) bond motifs is 1. The van der Waals surface area contributed by atoms with E-state index in [1.54, 1.807) is 0 Å². The average molecular weight is 280 g/mol. The van der Waals surface area contributed by atoms with Crippen LogP contribution in [-0.2, 0) is 38.6 Å². The van der Waals surface area contributed by atoms with Crippen molar-refractivity contribution in [2.75, 3.05) is 0 Å². The molecule has 69 valence electrons. The van der Waals surface area contributed by atoms with Crippen molar-refractivity contribution in [3.63, 3.8) is 0 Å². The van der Waals surface area contributed by atoms with Gasteiger partial charge in [0.25, 0.3) is 0 Å². The Kier molecular flexibility index (Phi) is 4.49. The number of halogens is 1. The van der Waals surface area contributed by atoms with Gasteiger partial charge in [0.15, 0.2) is 0 Å². The average Bonchev–Trinajstić information content (AvgIpc) is 2.16. The van der Waals surface area contributed by atoms with E-state index in [0.29, 0.717) is 5.88 Å². The van der Waals surface area contributed by atoms with Crippen LogP contribution < -0.4 is 0 Å². The summed E-state index contributed by atoms with van der Waals surface area (Å²) in [7, 11) is 0. The topological polar surface area (TPSA) is 12.9 Å². The molecule has 0 bridgehead atoms. The fourth-order valence-corrected chi connectivity index (χ4v) is 1.66. The Labute approximate surface area is 114 Å². The summed E-state index contributed by atoms with van der Waals surface area (Å²) in [6, 6.07) is 10.8. The van der Waals surface area contributed by atoms with Gasteiger partial charge in [0.05, 0.1) is 0 Å². The molecule has 0 amide bonds. The van der Waals surface area contributed by atoms with Gasteiger partial charge in [0.2, 0.25) is 0 Å². The van der Waals surface area contributed by atoms with Crippen LogP contribution in [-0.4, -0.2) is 4.98 Å². The minimum Gasteiger partial charge on any atom is -0.279 e. The van der Waals surface area contributed by atoms with E-state index in [0.717, 1.165) is 22.2 Å². The zero-order chi connectivity index (χ0) is 9.26. The van der Waals surface area contributed by atoms with Crippen LogP contribution in [0.4, 0.5) is 0 Å². The Morgan fingerprint density at radius 2 is 2.29 bits per heavy atom. The van der Waals surface area contributed by atoms with E-state index in [-0.39, 0.29) is 32.7 Å². The zero-order valence-corrected chi connectivity index (χ0v) is 11.5. The number of benzene rings is 1. The second-order valence-corrected chi connectivity index (χ2v) is 3.27. The Morgan fingerprint density at radius 1 is 1.50 bits per heavy atom. The number of alkyl halides is 1. The van der Waals surface area contributed by atoms with E-state index >= 15 is 0 Å². The Morgan fingerprint density at radius 3 is 3.00 bits per heavy atom. The van der Waals surface area contributed by atoms with Gasteiger partial charge in [-0.2, -0.15) is 18.2 Å². The summed E-state index contributed by atoms with van der Waals surface area (Å²) in [4.78, 5) is 4.41. The predicted octanol–water partition coefficient (Wildman–Crippen LogP) is 3.08. The molecule has 0 unspecified atom stereocenters. The number of hydrogen-bond donors (Lipinski definition) is 0. The third kappa shape index (κ3) is 2.33. The van der Waals surface area contributed by atoms with Crippen LogP contribution >= 0.6 is 11.6 Å². The number of hydrogen-bond acceptors (Lipinski definition) is 1. The minimum absolute atomic E-state index is 0. The van der Waals surface area contributed by atoms with Crippen molar-refractivity contribution in [3.05, 3.63) is 41.6 Å². The second kappa shape index (κ2) is 5.20. The molecule has 0 aliphatic carbocycles. The SMILES string of the molecule is Cc1cc(CCl)c2c[c-]ccc2n1.[Y]. The summed E-state index contributed by atoms with van der Waals surface area (Å²) in [5, 5.41) is 1.10. The van der Waals surface area contributed by atoms with Gasteiger partial charge in [-0.25, -0.2) is 0 Å². The van der Waals surface area contributed by atoms with Crippen LogP contribution in [0.25, 0.3) is 10.9 Å². The summed E-state index contributed by atoms with van der Waals surface area (Å²) in [5.74, 6) is 0.526. The Balaban J connectivity index is 0.000000980. The van der Waals surface area contributed by atoms with Crippen LogP contribution in [0, 0.1) is 13.0 Å². The van der Waals surface area contributed by atoms with E-state index < -0.39 is 0 Å². The number of rotatable bonds is 1. The zero-order valence-electron chi connectivity index (χ0n) is 7.92. The smallest absolute Gasteiger partial charge is 0.0369 e. The van der Waals surface area contributed by atoms with Gasteiger partial charge in [-0.15, -0.1) is 23.1 Å². The molecule has 14 heavy (non-hydrogen) atoms. The van der Waals surface area contributed by atoms with Crippen LogP contribution in [0.15, 0.2) is 24.3 Å². The van der Waals surface area contributed by atoms with Gasteiger partial charge in [-0.3, -0.25) is 4.98 Å². The first-order valence-corrected chi connectivity index (χ1v) is 4.67. The van der Waals surface area contributed by atoms with Crippen molar-refractivity contribution in [1.29, 1.82) is 0 Å². The summed E-state index contributed by atoms with van der Waals surface area (Å²) in [5.41, 5.74) is 3.13. The van der Waals surface area contributed by atoms with Crippen molar-refractivity contribution in [1.82, 2.24) is 4.98 Å². The van der Waals surface area contributed by atoms with Crippen LogP contribution in [0.3, 0.4) is 0 Å². The van der Waals surface area contributed by atoms with E-state index in [4.69, 9.17) is 11.6 Å². The first-order chi connectivity index (χ1) is 6.31. The van der Waals surface area contributed by atoms with Crippen LogP contribution in [0.2, 0.25) is 0 Å². The molecule has 1 aromatic heterocycles. The molecule has 2 rings (SSSR count). The maximum Gasteiger partial charge on any atom is 0.0369 e. The number of nitrogens with zero attached hydrogens (tertiary/aromatic N) is 1. The molecule has 1 aromatic carbocycles. The number of aromatic nitrogens is 1. The van der Waals surface area contributed by atoms with Crippen molar-refractivity contribution in [3.8, 4) is 0 Å². The van der Waals surface area contributed by atoms with Crippen LogP contribution in [0.1, 0.15) is 11.3 Å². The fraction of sp³-hybridized carbons (Fsp3) is 0.182. The molecule has 1 nitrogen and oxygen atoms in total. The molecule has 0 spiro atoms.